The Kier molecular flexibility index (Phi) is 5.25. The fourth-order valence-corrected chi connectivity index (χ4v) is 7.15. The van der Waals surface area contributed by atoms with Crippen molar-refractivity contribution in [2.45, 2.75) is 54.4 Å². The molecule has 4 aliphatic rings. The first-order valence-corrected chi connectivity index (χ1v) is 14.5. The van der Waals surface area contributed by atoms with Crippen LogP contribution in [0.4, 0.5) is 23.8 Å². The standard InChI is InChI=1S/C25H26F6N4O3S/c1-38-25-9-14(10-25)17(11-25)22-33-21-20(18(26)12-32-23(21)34-22)13-4-6-35(7-5-13)24(37)16-3-2-15(8-19(16)36)39(27,28,29,30)31/h2-3,8,12-14,17,36H,4-7,9-11H2,1H3,(H,32,33,34). The van der Waals surface area contributed by atoms with E-state index in [1.54, 1.807) is 7.11 Å². The molecule has 7 nitrogen and oxygen atoms in total. The Morgan fingerprint density at radius 1 is 1.15 bits per heavy atom. The zero-order valence-electron chi connectivity index (χ0n) is 20.8. The van der Waals surface area contributed by atoms with Crippen molar-refractivity contribution in [2.24, 2.45) is 5.92 Å². The minimum Gasteiger partial charge on any atom is -0.507 e. The molecule has 0 radical (unpaired) electrons. The fraction of sp³-hybridized carbons (Fsp3) is 0.480. The van der Waals surface area contributed by atoms with Crippen molar-refractivity contribution in [2.75, 3.05) is 20.2 Å². The number of aromatic amines is 1. The predicted octanol–water partition coefficient (Wildman–Crippen LogP) is 6.76. The van der Waals surface area contributed by atoms with E-state index in [4.69, 9.17) is 9.72 Å². The molecule has 2 aromatic heterocycles. The number of fused-ring (bicyclic) bond motifs is 2. The second-order valence-corrected chi connectivity index (χ2v) is 13.3. The molecule has 3 heterocycles. The fourth-order valence-electron chi connectivity index (χ4n) is 6.49. The van der Waals surface area contributed by atoms with Crippen LogP contribution in [0.2, 0.25) is 0 Å². The van der Waals surface area contributed by atoms with Crippen molar-refractivity contribution in [3.05, 3.63) is 47.2 Å². The van der Waals surface area contributed by atoms with E-state index in [1.165, 1.54) is 4.90 Å². The van der Waals surface area contributed by atoms with Gasteiger partial charge in [-0.3, -0.25) is 4.79 Å². The summed E-state index contributed by atoms with van der Waals surface area (Å²) in [6.07, 6.45) is 4.55. The van der Waals surface area contributed by atoms with Gasteiger partial charge >= 0.3 is 10.2 Å². The van der Waals surface area contributed by atoms with Gasteiger partial charge in [-0.1, -0.05) is 19.4 Å². The van der Waals surface area contributed by atoms with E-state index >= 15 is 4.39 Å². The number of nitrogens with one attached hydrogen (secondary N) is 1. The van der Waals surface area contributed by atoms with Crippen LogP contribution in [0.15, 0.2) is 29.3 Å². The second kappa shape index (κ2) is 7.80. The van der Waals surface area contributed by atoms with E-state index < -0.39 is 38.2 Å². The average Bonchev–Trinajstić information content (AvgIpc) is 3.53. The van der Waals surface area contributed by atoms with Crippen molar-refractivity contribution in [1.82, 2.24) is 19.9 Å². The number of carbonyl (C=O) groups excluding carboxylic acids is 1. The third-order valence-electron chi connectivity index (χ3n) is 8.57. The molecule has 1 amide bonds. The Labute approximate surface area is 219 Å². The van der Waals surface area contributed by atoms with Crippen LogP contribution in [0.5, 0.6) is 5.75 Å². The second-order valence-electron chi connectivity index (χ2n) is 10.9. The highest BCUT2D eigenvalue weighted by molar-refractivity contribution is 8.45. The van der Waals surface area contributed by atoms with Crippen LogP contribution in [0.3, 0.4) is 0 Å². The molecule has 3 saturated carbocycles. The van der Waals surface area contributed by atoms with Crippen molar-refractivity contribution in [3.8, 4) is 5.75 Å². The molecule has 212 valence electrons. The van der Waals surface area contributed by atoms with Crippen LogP contribution in [-0.4, -0.2) is 56.7 Å². The molecule has 2 N–H and O–H groups in total. The molecule has 4 fully saturated rings. The van der Waals surface area contributed by atoms with Crippen LogP contribution in [0.1, 0.15) is 65.7 Å². The number of benzene rings is 1. The van der Waals surface area contributed by atoms with Crippen LogP contribution >= 0.6 is 10.2 Å². The van der Waals surface area contributed by atoms with E-state index in [0.29, 0.717) is 41.6 Å². The number of carbonyl (C=O) groups is 1. The number of rotatable bonds is 5. The van der Waals surface area contributed by atoms with E-state index in [0.717, 1.165) is 31.3 Å². The van der Waals surface area contributed by atoms with Crippen LogP contribution < -0.4 is 0 Å². The number of phenols is 1. The molecule has 14 heteroatoms. The molecule has 3 aromatic rings. The number of nitrogens with zero attached hydrogens (tertiary/aromatic N) is 3. The zero-order valence-corrected chi connectivity index (χ0v) is 21.6. The molecule has 1 unspecified atom stereocenters. The van der Waals surface area contributed by atoms with Gasteiger partial charge in [0.15, 0.2) is 5.65 Å². The number of pyridine rings is 1. The number of hydrogen-bond donors (Lipinski definition) is 2. The van der Waals surface area contributed by atoms with E-state index in [2.05, 4.69) is 9.97 Å². The SMILES string of the molecule is COC12CC(C1)C(c1nc3c(C4CCN(C(=O)c5ccc(S(F)(F)(F)(F)F)cc5O)CC4)c(F)cnc3[nH]1)C2. The number of H-pyrrole nitrogens is 1. The molecule has 1 saturated heterocycles. The van der Waals surface area contributed by atoms with E-state index in [1.807, 2.05) is 0 Å². The molecule has 0 spiro atoms. The van der Waals surface area contributed by atoms with Gasteiger partial charge in [0.1, 0.15) is 27.8 Å². The lowest BCUT2D eigenvalue weighted by atomic mass is 9.78. The van der Waals surface area contributed by atoms with Crippen LogP contribution in [0, 0.1) is 11.7 Å². The van der Waals surface area contributed by atoms with Gasteiger partial charge in [0.2, 0.25) is 0 Å². The Morgan fingerprint density at radius 3 is 2.44 bits per heavy atom. The Balaban J connectivity index is 1.20. The first-order chi connectivity index (χ1) is 18.1. The summed E-state index contributed by atoms with van der Waals surface area (Å²) in [5.74, 6) is -1.42. The quantitative estimate of drug-likeness (QED) is 0.328. The number of piperidine rings is 1. The van der Waals surface area contributed by atoms with Gasteiger partial charge in [-0.25, -0.2) is 14.4 Å². The summed E-state index contributed by atoms with van der Waals surface area (Å²) >= 11 is 0. The van der Waals surface area contributed by atoms with Gasteiger partial charge in [-0.05, 0) is 56.1 Å². The van der Waals surface area contributed by atoms with Gasteiger partial charge < -0.3 is 19.7 Å². The Morgan fingerprint density at radius 2 is 1.85 bits per heavy atom. The molecular formula is C25H26F6N4O3S. The molecule has 1 aromatic carbocycles. The predicted molar refractivity (Wildman–Crippen MR) is 131 cm³/mol. The van der Waals surface area contributed by atoms with Crippen molar-refractivity contribution < 1.29 is 38.5 Å². The monoisotopic (exact) mass is 576 g/mol. The molecule has 3 aliphatic carbocycles. The normalized spacial score (nSPS) is 27.3. The summed E-state index contributed by atoms with van der Waals surface area (Å²) in [7, 11) is -8.30. The third-order valence-corrected chi connectivity index (χ3v) is 9.72. The maximum atomic E-state index is 15.1. The third kappa shape index (κ3) is 4.41. The van der Waals surface area contributed by atoms with Crippen LogP contribution in [0.25, 0.3) is 11.2 Å². The number of phenolic OH excluding ortho intramolecular Hbond substituents is 1. The highest BCUT2D eigenvalue weighted by Gasteiger charge is 2.65. The summed E-state index contributed by atoms with van der Waals surface area (Å²) in [4.78, 5) is 24.1. The van der Waals surface area contributed by atoms with E-state index in [9.17, 15) is 29.3 Å². The maximum absolute atomic E-state index is 15.1. The summed E-state index contributed by atoms with van der Waals surface area (Å²) in [6, 6.07) is 0.528. The lowest BCUT2D eigenvalue weighted by Crippen LogP contribution is -2.38. The number of amides is 1. The minimum atomic E-state index is -10.0. The van der Waals surface area contributed by atoms with Crippen LogP contribution in [-0.2, 0) is 4.74 Å². The summed E-state index contributed by atoms with van der Waals surface area (Å²) < 4.78 is 86.0. The number of imidazole rings is 1. The smallest absolute Gasteiger partial charge is 0.310 e. The molecule has 1 atom stereocenters. The van der Waals surface area contributed by atoms with Gasteiger partial charge in [0.05, 0.1) is 17.4 Å². The number of aromatic hydroxyl groups is 1. The number of ether oxygens (including phenoxy) is 1. The average molecular weight is 577 g/mol. The largest absolute Gasteiger partial charge is 0.507 e. The number of hydrogen-bond acceptors (Lipinski definition) is 5. The Hall–Kier alpha value is -3.00. The summed E-state index contributed by atoms with van der Waals surface area (Å²) in [6.45, 7) is 0.238. The lowest BCUT2D eigenvalue weighted by Gasteiger charge is -2.40. The maximum Gasteiger partial charge on any atom is 0.310 e. The summed E-state index contributed by atoms with van der Waals surface area (Å²) in [5, 5.41) is 9.98. The van der Waals surface area contributed by atoms with Gasteiger partial charge in [-0.15, -0.1) is 0 Å². The topological polar surface area (TPSA) is 91.3 Å². The minimum absolute atomic E-state index is 0.0994. The Bertz CT molecular complexity index is 1500. The lowest BCUT2D eigenvalue weighted by molar-refractivity contribution is -0.0600. The molecule has 2 bridgehead atoms. The summed E-state index contributed by atoms with van der Waals surface area (Å²) in [5.41, 5.74) is 0.680. The highest BCUT2D eigenvalue weighted by atomic mass is 32.5. The van der Waals surface area contributed by atoms with E-state index in [-0.39, 0.29) is 42.7 Å². The molecule has 7 rings (SSSR count). The first-order valence-electron chi connectivity index (χ1n) is 12.5. The number of halogens is 6. The number of aromatic nitrogens is 3. The molecule has 39 heavy (non-hydrogen) atoms. The van der Waals surface area contributed by atoms with Gasteiger partial charge in [0, 0.05) is 37.7 Å². The molecule has 1 aliphatic heterocycles. The highest BCUT2D eigenvalue weighted by Crippen LogP contribution is 3.02. The van der Waals surface area contributed by atoms with Crippen molar-refractivity contribution >= 4 is 27.3 Å². The van der Waals surface area contributed by atoms with Gasteiger partial charge in [-0.2, -0.15) is 0 Å². The first kappa shape index (κ1) is 26.2. The zero-order chi connectivity index (χ0) is 28.0. The number of likely N-dealkylation sites (tertiary alicyclic amines) is 1. The number of methoxy groups -OCH3 is 1. The van der Waals surface area contributed by atoms with Crippen molar-refractivity contribution in [3.63, 3.8) is 0 Å². The molecular weight excluding hydrogens is 550 g/mol. The van der Waals surface area contributed by atoms with Crippen molar-refractivity contribution in [1.29, 1.82) is 0 Å². The van der Waals surface area contributed by atoms with Gasteiger partial charge in [0.25, 0.3) is 5.91 Å².